The maximum atomic E-state index is 11.0. The summed E-state index contributed by atoms with van der Waals surface area (Å²) in [6.45, 7) is 2.07. The lowest BCUT2D eigenvalue weighted by molar-refractivity contribution is 0.514. The maximum absolute atomic E-state index is 11.0. The van der Waals surface area contributed by atoms with Crippen LogP contribution in [0.15, 0.2) is 30.3 Å². The van der Waals surface area contributed by atoms with E-state index in [4.69, 9.17) is 0 Å². The molecule has 1 rings (SSSR count). The number of hydrogen-bond donors (Lipinski definition) is 0. The Morgan fingerprint density at radius 3 is 2.50 bits per heavy atom. The van der Waals surface area contributed by atoms with Crippen molar-refractivity contribution in [2.75, 3.05) is 0 Å². The van der Waals surface area contributed by atoms with Crippen LogP contribution in [0.2, 0.25) is 0 Å². The predicted octanol–water partition coefficient (Wildman–Crippen LogP) is 2.80. The summed E-state index contributed by atoms with van der Waals surface area (Å²) in [5, 5.41) is -0.337. The van der Waals surface area contributed by atoms with Gasteiger partial charge in [-0.05, 0) is 23.1 Å². The Balaban J connectivity index is 2.73. The van der Waals surface area contributed by atoms with Crippen molar-refractivity contribution in [2.24, 2.45) is 0 Å². The van der Waals surface area contributed by atoms with E-state index < -0.39 is 11.1 Å². The summed E-state index contributed by atoms with van der Waals surface area (Å²) < 4.78 is 22.0. The minimum Gasteiger partial charge on any atom is -0.772 e. The van der Waals surface area contributed by atoms with Crippen molar-refractivity contribution in [1.29, 1.82) is 0 Å². The lowest BCUT2D eigenvalue weighted by Gasteiger charge is -2.19. The molecule has 0 amide bonds. The third-order valence-corrected chi connectivity index (χ3v) is 3.20. The molecule has 0 aromatic heterocycles. The summed E-state index contributed by atoms with van der Waals surface area (Å²) in [7, 11) is 0. The standard InChI is InChI=1S/C11H16O2S/c1-2-3-9-11(14(12)13)10-7-5-4-6-8-10/h4-8,11H,2-3,9H2,1H3,(H,12,13)/p-1. The van der Waals surface area contributed by atoms with Gasteiger partial charge in [0.1, 0.15) is 0 Å². The molecule has 0 aliphatic rings. The van der Waals surface area contributed by atoms with Gasteiger partial charge in [-0.15, -0.1) is 0 Å². The number of unbranched alkanes of at least 4 members (excludes halogenated alkanes) is 1. The number of hydrogen-bond acceptors (Lipinski definition) is 2. The quantitative estimate of drug-likeness (QED) is 0.703. The van der Waals surface area contributed by atoms with Gasteiger partial charge in [0.05, 0.1) is 0 Å². The van der Waals surface area contributed by atoms with Gasteiger partial charge >= 0.3 is 0 Å². The van der Waals surface area contributed by atoms with Crippen molar-refractivity contribution in [3.8, 4) is 0 Å². The molecule has 0 saturated heterocycles. The van der Waals surface area contributed by atoms with Gasteiger partial charge in [-0.3, -0.25) is 4.21 Å². The first-order valence-corrected chi connectivity index (χ1v) is 6.02. The smallest absolute Gasteiger partial charge is 0.0465 e. The van der Waals surface area contributed by atoms with Crippen LogP contribution in [0.25, 0.3) is 0 Å². The molecule has 1 aromatic carbocycles. The zero-order valence-corrected chi connectivity index (χ0v) is 9.13. The molecule has 0 saturated carbocycles. The monoisotopic (exact) mass is 211 g/mol. The van der Waals surface area contributed by atoms with Gasteiger partial charge in [0, 0.05) is 5.25 Å². The summed E-state index contributed by atoms with van der Waals surface area (Å²) in [6, 6.07) is 9.39. The molecule has 2 atom stereocenters. The molecule has 0 bridgehead atoms. The molecule has 0 N–H and O–H groups in total. The number of benzene rings is 1. The molecular formula is C11H15O2S-. The van der Waals surface area contributed by atoms with E-state index in [1.165, 1.54) is 0 Å². The Bertz CT molecular complexity index is 285. The maximum Gasteiger partial charge on any atom is 0.0465 e. The molecule has 0 aliphatic heterocycles. The second kappa shape index (κ2) is 5.94. The molecule has 0 heterocycles. The van der Waals surface area contributed by atoms with Crippen LogP contribution in [0.1, 0.15) is 37.0 Å². The van der Waals surface area contributed by atoms with Crippen molar-refractivity contribution in [1.82, 2.24) is 0 Å². The normalized spacial score (nSPS) is 15.0. The second-order valence-corrected chi connectivity index (χ2v) is 4.39. The van der Waals surface area contributed by atoms with Crippen molar-refractivity contribution in [3.05, 3.63) is 35.9 Å². The van der Waals surface area contributed by atoms with Crippen molar-refractivity contribution < 1.29 is 8.76 Å². The third kappa shape index (κ3) is 3.24. The minimum atomic E-state index is -2.01. The topological polar surface area (TPSA) is 40.1 Å². The van der Waals surface area contributed by atoms with Gasteiger partial charge in [0.25, 0.3) is 0 Å². The average Bonchev–Trinajstić information content (AvgIpc) is 2.19. The number of rotatable bonds is 5. The zero-order valence-electron chi connectivity index (χ0n) is 8.31. The van der Waals surface area contributed by atoms with Gasteiger partial charge in [-0.1, -0.05) is 50.1 Å². The molecule has 0 spiro atoms. The van der Waals surface area contributed by atoms with Crippen LogP contribution < -0.4 is 0 Å². The van der Waals surface area contributed by atoms with Crippen LogP contribution in [0.4, 0.5) is 0 Å². The van der Waals surface area contributed by atoms with Gasteiger partial charge in [-0.25, -0.2) is 0 Å². The van der Waals surface area contributed by atoms with E-state index in [1.807, 2.05) is 30.3 Å². The van der Waals surface area contributed by atoms with Crippen LogP contribution in [0, 0.1) is 0 Å². The minimum absolute atomic E-state index is 0.337. The highest BCUT2D eigenvalue weighted by Crippen LogP contribution is 2.24. The zero-order chi connectivity index (χ0) is 10.4. The summed E-state index contributed by atoms with van der Waals surface area (Å²) in [5.74, 6) is 0. The lowest BCUT2D eigenvalue weighted by Crippen LogP contribution is -2.05. The fourth-order valence-corrected chi connectivity index (χ4v) is 2.17. The predicted molar refractivity (Wildman–Crippen MR) is 57.6 cm³/mol. The molecular weight excluding hydrogens is 196 g/mol. The van der Waals surface area contributed by atoms with E-state index >= 15 is 0 Å². The highest BCUT2D eigenvalue weighted by molar-refractivity contribution is 7.79. The Kier molecular flexibility index (Phi) is 4.84. The van der Waals surface area contributed by atoms with E-state index in [0.717, 1.165) is 24.8 Å². The van der Waals surface area contributed by atoms with E-state index in [9.17, 15) is 8.76 Å². The first-order chi connectivity index (χ1) is 6.75. The average molecular weight is 211 g/mol. The van der Waals surface area contributed by atoms with Crippen LogP contribution >= 0.6 is 0 Å². The molecule has 2 nitrogen and oxygen atoms in total. The van der Waals surface area contributed by atoms with Gasteiger partial charge in [0.2, 0.25) is 0 Å². The molecule has 0 fully saturated rings. The Morgan fingerprint density at radius 2 is 2.00 bits per heavy atom. The van der Waals surface area contributed by atoms with Crippen LogP contribution in [-0.4, -0.2) is 8.76 Å². The van der Waals surface area contributed by atoms with E-state index in [1.54, 1.807) is 0 Å². The van der Waals surface area contributed by atoms with E-state index in [-0.39, 0.29) is 5.25 Å². The van der Waals surface area contributed by atoms with E-state index in [0.29, 0.717) is 0 Å². The van der Waals surface area contributed by atoms with Crippen LogP contribution in [0.3, 0.4) is 0 Å². The lowest BCUT2D eigenvalue weighted by atomic mass is 10.1. The fourth-order valence-electron chi connectivity index (χ4n) is 1.43. The van der Waals surface area contributed by atoms with E-state index in [2.05, 4.69) is 6.92 Å². The first kappa shape index (κ1) is 11.4. The fraction of sp³-hybridized carbons (Fsp3) is 0.455. The SMILES string of the molecule is CCCCC(c1ccccc1)S(=O)[O-]. The molecule has 14 heavy (non-hydrogen) atoms. The first-order valence-electron chi connectivity index (χ1n) is 4.88. The van der Waals surface area contributed by atoms with Gasteiger partial charge in [-0.2, -0.15) is 0 Å². The molecule has 78 valence electrons. The van der Waals surface area contributed by atoms with Crippen molar-refractivity contribution in [3.63, 3.8) is 0 Å². The van der Waals surface area contributed by atoms with Gasteiger partial charge < -0.3 is 4.55 Å². The Hall–Kier alpha value is -0.670. The summed E-state index contributed by atoms with van der Waals surface area (Å²) in [4.78, 5) is 0. The summed E-state index contributed by atoms with van der Waals surface area (Å²) in [5.41, 5.74) is 0.897. The van der Waals surface area contributed by atoms with Gasteiger partial charge in [0.15, 0.2) is 0 Å². The Morgan fingerprint density at radius 1 is 1.36 bits per heavy atom. The summed E-state index contributed by atoms with van der Waals surface area (Å²) >= 11 is -2.01. The van der Waals surface area contributed by atoms with Crippen LogP contribution in [-0.2, 0) is 11.1 Å². The van der Waals surface area contributed by atoms with Crippen LogP contribution in [0.5, 0.6) is 0 Å². The highest BCUT2D eigenvalue weighted by atomic mass is 32.2. The van der Waals surface area contributed by atoms with Crippen molar-refractivity contribution in [2.45, 2.75) is 31.4 Å². The molecule has 1 aromatic rings. The third-order valence-electron chi connectivity index (χ3n) is 2.22. The molecule has 0 aliphatic carbocycles. The molecule has 0 radical (unpaired) electrons. The molecule has 3 heteroatoms. The Labute approximate surface area is 87.6 Å². The van der Waals surface area contributed by atoms with Crippen molar-refractivity contribution >= 4 is 11.1 Å². The molecule has 2 unspecified atom stereocenters. The second-order valence-electron chi connectivity index (χ2n) is 3.30. The summed E-state index contributed by atoms with van der Waals surface area (Å²) in [6.07, 6.45) is 2.70. The highest BCUT2D eigenvalue weighted by Gasteiger charge is 2.10. The largest absolute Gasteiger partial charge is 0.772 e.